The summed E-state index contributed by atoms with van der Waals surface area (Å²) in [6, 6.07) is 7.48. The van der Waals surface area contributed by atoms with Crippen molar-refractivity contribution in [2.24, 2.45) is 0 Å². The molecule has 0 bridgehead atoms. The number of amides is 1. The summed E-state index contributed by atoms with van der Waals surface area (Å²) in [6.45, 7) is 0.603. The van der Waals surface area contributed by atoms with Crippen molar-refractivity contribution < 1.29 is 9.53 Å². The van der Waals surface area contributed by atoms with Gasteiger partial charge in [-0.15, -0.1) is 6.42 Å². The third-order valence-corrected chi connectivity index (χ3v) is 3.26. The molecule has 1 aromatic carbocycles. The summed E-state index contributed by atoms with van der Waals surface area (Å²) in [6.07, 6.45) is 10.2. The van der Waals surface area contributed by atoms with Gasteiger partial charge in [-0.2, -0.15) is 0 Å². The molecule has 1 fully saturated rings. The van der Waals surface area contributed by atoms with Crippen molar-refractivity contribution >= 4 is 11.6 Å². The van der Waals surface area contributed by atoms with E-state index in [1.165, 1.54) is 12.8 Å². The molecule has 0 aromatic heterocycles. The Bertz CT molecular complexity index is 470. The quantitative estimate of drug-likeness (QED) is 0.616. The average molecular weight is 272 g/mol. The number of rotatable bonds is 6. The SMILES string of the molecule is C#CCNCC(=O)Nc1ccc(OC2CCCC2)cc1. The van der Waals surface area contributed by atoms with Gasteiger partial charge in [0.1, 0.15) is 5.75 Å². The fraction of sp³-hybridized carbons (Fsp3) is 0.438. The van der Waals surface area contributed by atoms with E-state index in [4.69, 9.17) is 11.2 Å². The van der Waals surface area contributed by atoms with Crippen LogP contribution in [0.3, 0.4) is 0 Å². The lowest BCUT2D eigenvalue weighted by Crippen LogP contribution is -2.28. The lowest BCUT2D eigenvalue weighted by molar-refractivity contribution is -0.115. The standard InChI is InChI=1S/C16H20N2O2/c1-2-11-17-12-16(19)18-13-7-9-15(10-8-13)20-14-5-3-4-6-14/h1,7-10,14,17H,3-6,11-12H2,(H,18,19). The molecule has 0 radical (unpaired) electrons. The molecule has 0 heterocycles. The summed E-state index contributed by atoms with van der Waals surface area (Å²) < 4.78 is 5.87. The van der Waals surface area contributed by atoms with Gasteiger partial charge in [0.25, 0.3) is 0 Å². The molecule has 1 saturated carbocycles. The second kappa shape index (κ2) is 7.56. The summed E-state index contributed by atoms with van der Waals surface area (Å²) in [4.78, 5) is 11.6. The van der Waals surface area contributed by atoms with E-state index < -0.39 is 0 Å². The largest absolute Gasteiger partial charge is 0.490 e. The Morgan fingerprint density at radius 3 is 2.65 bits per heavy atom. The molecule has 4 nitrogen and oxygen atoms in total. The minimum atomic E-state index is -0.107. The van der Waals surface area contributed by atoms with E-state index in [1.54, 1.807) is 0 Å². The van der Waals surface area contributed by atoms with Crippen LogP contribution in [0, 0.1) is 12.3 Å². The van der Waals surface area contributed by atoms with Gasteiger partial charge in [0, 0.05) is 5.69 Å². The van der Waals surface area contributed by atoms with Gasteiger partial charge in [0.15, 0.2) is 0 Å². The van der Waals surface area contributed by atoms with Crippen molar-refractivity contribution in [1.29, 1.82) is 0 Å². The first-order chi connectivity index (χ1) is 9.78. The normalized spacial score (nSPS) is 14.8. The highest BCUT2D eigenvalue weighted by atomic mass is 16.5. The first-order valence-electron chi connectivity index (χ1n) is 6.98. The Hall–Kier alpha value is -1.99. The maximum atomic E-state index is 11.6. The molecule has 2 N–H and O–H groups in total. The van der Waals surface area contributed by atoms with Crippen LogP contribution < -0.4 is 15.4 Å². The molecule has 1 aliphatic rings. The number of nitrogens with one attached hydrogen (secondary N) is 2. The van der Waals surface area contributed by atoms with Crippen molar-refractivity contribution in [3.05, 3.63) is 24.3 Å². The van der Waals surface area contributed by atoms with Gasteiger partial charge >= 0.3 is 0 Å². The summed E-state index contributed by atoms with van der Waals surface area (Å²) in [7, 11) is 0. The molecule has 0 spiro atoms. The molecule has 1 amide bonds. The van der Waals surface area contributed by atoms with Gasteiger partial charge in [-0.25, -0.2) is 0 Å². The van der Waals surface area contributed by atoms with Gasteiger partial charge < -0.3 is 10.1 Å². The van der Waals surface area contributed by atoms with Crippen molar-refractivity contribution in [2.45, 2.75) is 31.8 Å². The first-order valence-corrected chi connectivity index (χ1v) is 6.98. The van der Waals surface area contributed by atoms with E-state index >= 15 is 0 Å². The summed E-state index contributed by atoms with van der Waals surface area (Å²) in [5, 5.41) is 5.64. The Labute approximate surface area is 119 Å². The zero-order valence-corrected chi connectivity index (χ0v) is 11.5. The van der Waals surface area contributed by atoms with E-state index in [9.17, 15) is 4.79 Å². The molecule has 20 heavy (non-hydrogen) atoms. The minimum Gasteiger partial charge on any atom is -0.490 e. The Kier molecular flexibility index (Phi) is 5.45. The van der Waals surface area contributed by atoms with Crippen LogP contribution in [0.4, 0.5) is 5.69 Å². The Balaban J connectivity index is 1.78. The van der Waals surface area contributed by atoms with Gasteiger partial charge in [-0.3, -0.25) is 10.1 Å². The van der Waals surface area contributed by atoms with Crippen molar-refractivity contribution in [3.8, 4) is 18.1 Å². The minimum absolute atomic E-state index is 0.107. The van der Waals surface area contributed by atoms with Crippen LogP contribution in [0.5, 0.6) is 5.75 Å². The van der Waals surface area contributed by atoms with Crippen LogP contribution in [0.2, 0.25) is 0 Å². The van der Waals surface area contributed by atoms with E-state index in [1.807, 2.05) is 24.3 Å². The van der Waals surface area contributed by atoms with E-state index in [2.05, 4.69) is 16.6 Å². The molecule has 0 unspecified atom stereocenters. The third-order valence-electron chi connectivity index (χ3n) is 3.26. The molecule has 0 aliphatic heterocycles. The number of hydrogen-bond acceptors (Lipinski definition) is 3. The average Bonchev–Trinajstić information content (AvgIpc) is 2.94. The van der Waals surface area contributed by atoms with Gasteiger partial charge in [-0.1, -0.05) is 5.92 Å². The lowest BCUT2D eigenvalue weighted by atomic mass is 10.2. The van der Waals surface area contributed by atoms with Gasteiger partial charge in [0.2, 0.25) is 5.91 Å². The second-order valence-corrected chi connectivity index (χ2v) is 4.90. The van der Waals surface area contributed by atoms with Crippen molar-refractivity contribution in [3.63, 3.8) is 0 Å². The predicted molar refractivity (Wildman–Crippen MR) is 79.7 cm³/mol. The number of carbonyl (C=O) groups is 1. The number of carbonyl (C=O) groups excluding carboxylic acids is 1. The molecule has 2 rings (SSSR count). The topological polar surface area (TPSA) is 50.4 Å². The fourth-order valence-electron chi connectivity index (χ4n) is 2.27. The van der Waals surface area contributed by atoms with Crippen LogP contribution in [0.25, 0.3) is 0 Å². The van der Waals surface area contributed by atoms with E-state index in [0.29, 0.717) is 12.6 Å². The number of terminal acetylenes is 1. The smallest absolute Gasteiger partial charge is 0.238 e. The zero-order chi connectivity index (χ0) is 14.2. The van der Waals surface area contributed by atoms with Crippen LogP contribution in [0.15, 0.2) is 24.3 Å². The number of benzene rings is 1. The number of ether oxygens (including phenoxy) is 1. The molecule has 0 atom stereocenters. The molecule has 106 valence electrons. The molecular formula is C16H20N2O2. The highest BCUT2D eigenvalue weighted by Crippen LogP contribution is 2.24. The molecule has 0 saturated heterocycles. The monoisotopic (exact) mass is 272 g/mol. The second-order valence-electron chi connectivity index (χ2n) is 4.90. The molecule has 4 heteroatoms. The lowest BCUT2D eigenvalue weighted by Gasteiger charge is -2.13. The fourth-order valence-corrected chi connectivity index (χ4v) is 2.27. The maximum Gasteiger partial charge on any atom is 0.238 e. The number of anilines is 1. The number of hydrogen-bond donors (Lipinski definition) is 2. The van der Waals surface area contributed by atoms with Gasteiger partial charge in [0.05, 0.1) is 19.2 Å². The maximum absolute atomic E-state index is 11.6. The van der Waals surface area contributed by atoms with E-state index in [0.717, 1.165) is 24.3 Å². The van der Waals surface area contributed by atoms with Crippen LogP contribution in [-0.2, 0) is 4.79 Å². The highest BCUT2D eigenvalue weighted by molar-refractivity contribution is 5.92. The molecular weight excluding hydrogens is 252 g/mol. The predicted octanol–water partition coefficient (Wildman–Crippen LogP) is 2.17. The van der Waals surface area contributed by atoms with Crippen molar-refractivity contribution in [1.82, 2.24) is 5.32 Å². The summed E-state index contributed by atoms with van der Waals surface area (Å²) in [5.41, 5.74) is 0.760. The van der Waals surface area contributed by atoms with Crippen molar-refractivity contribution in [2.75, 3.05) is 18.4 Å². The summed E-state index contributed by atoms with van der Waals surface area (Å²) >= 11 is 0. The Morgan fingerprint density at radius 2 is 2.00 bits per heavy atom. The zero-order valence-electron chi connectivity index (χ0n) is 11.5. The highest BCUT2D eigenvalue weighted by Gasteiger charge is 2.16. The van der Waals surface area contributed by atoms with Crippen LogP contribution in [0.1, 0.15) is 25.7 Å². The van der Waals surface area contributed by atoms with Crippen LogP contribution >= 0.6 is 0 Å². The van der Waals surface area contributed by atoms with Gasteiger partial charge in [-0.05, 0) is 49.9 Å². The first kappa shape index (κ1) is 14.4. The van der Waals surface area contributed by atoms with Crippen LogP contribution in [-0.4, -0.2) is 25.1 Å². The van der Waals surface area contributed by atoms with E-state index in [-0.39, 0.29) is 12.5 Å². The Morgan fingerprint density at radius 1 is 1.30 bits per heavy atom. The molecule has 1 aromatic rings. The molecule has 1 aliphatic carbocycles. The third kappa shape index (κ3) is 4.60. The summed E-state index contributed by atoms with van der Waals surface area (Å²) in [5.74, 6) is 3.18.